The number of nitrogens with one attached hydrogen (secondary N) is 1. The fourth-order valence-corrected chi connectivity index (χ4v) is 2.39. The Hall–Kier alpha value is -1.02. The molecule has 1 aromatic rings. The minimum absolute atomic E-state index is 0.404. The molecule has 2 nitrogen and oxygen atoms in total. The number of hydrogen-bond acceptors (Lipinski definition) is 2. The maximum absolute atomic E-state index is 5.36. The maximum Gasteiger partial charge on any atom is 0.123 e. The highest BCUT2D eigenvalue weighted by atomic mass is 16.5. The molecule has 0 amide bonds. The number of rotatable bonds is 5. The normalized spacial score (nSPS) is 17.9. The zero-order chi connectivity index (χ0) is 11.4. The van der Waals surface area contributed by atoms with Crippen LogP contribution in [0.25, 0.3) is 0 Å². The molecule has 1 aromatic carbocycles. The summed E-state index contributed by atoms with van der Waals surface area (Å²) in [7, 11) is 1.73. The largest absolute Gasteiger partial charge is 0.496 e. The first kappa shape index (κ1) is 11.5. The van der Waals surface area contributed by atoms with Crippen molar-refractivity contribution in [1.29, 1.82) is 0 Å². The van der Waals surface area contributed by atoms with Crippen molar-refractivity contribution in [3.63, 3.8) is 0 Å². The third-order valence-corrected chi connectivity index (χ3v) is 3.83. The first-order chi connectivity index (χ1) is 7.79. The molecular formula is C14H21NO. The third kappa shape index (κ3) is 2.22. The van der Waals surface area contributed by atoms with E-state index < -0.39 is 0 Å². The van der Waals surface area contributed by atoms with Crippen molar-refractivity contribution in [2.24, 2.45) is 0 Å². The van der Waals surface area contributed by atoms with E-state index in [2.05, 4.69) is 24.4 Å². The van der Waals surface area contributed by atoms with Gasteiger partial charge in [0.2, 0.25) is 0 Å². The van der Waals surface area contributed by atoms with E-state index >= 15 is 0 Å². The van der Waals surface area contributed by atoms with Gasteiger partial charge in [0.05, 0.1) is 7.11 Å². The molecule has 16 heavy (non-hydrogen) atoms. The third-order valence-electron chi connectivity index (χ3n) is 3.83. The van der Waals surface area contributed by atoms with E-state index in [4.69, 9.17) is 4.74 Å². The van der Waals surface area contributed by atoms with Gasteiger partial charge in [0.25, 0.3) is 0 Å². The van der Waals surface area contributed by atoms with Crippen LogP contribution in [0.1, 0.15) is 38.2 Å². The average molecular weight is 219 g/mol. The molecule has 0 atom stereocenters. The van der Waals surface area contributed by atoms with Gasteiger partial charge in [0, 0.05) is 17.6 Å². The van der Waals surface area contributed by atoms with E-state index in [1.807, 2.05) is 12.1 Å². The van der Waals surface area contributed by atoms with E-state index in [1.165, 1.54) is 31.2 Å². The van der Waals surface area contributed by atoms with Gasteiger partial charge in [-0.2, -0.15) is 0 Å². The lowest BCUT2D eigenvalue weighted by molar-refractivity contribution is 0.175. The molecule has 0 saturated heterocycles. The molecule has 2 heteroatoms. The summed E-state index contributed by atoms with van der Waals surface area (Å²) in [5.74, 6) is 0.987. The van der Waals surface area contributed by atoms with Gasteiger partial charge in [-0.15, -0.1) is 0 Å². The Kier molecular flexibility index (Phi) is 3.49. The van der Waals surface area contributed by atoms with Crippen molar-refractivity contribution in [3.05, 3.63) is 29.8 Å². The first-order valence-electron chi connectivity index (χ1n) is 6.16. The van der Waals surface area contributed by atoms with Crippen LogP contribution >= 0.6 is 0 Å². The van der Waals surface area contributed by atoms with Crippen LogP contribution in [-0.4, -0.2) is 12.6 Å². The number of para-hydroxylation sites is 1. The highest BCUT2D eigenvalue weighted by Crippen LogP contribution is 2.35. The summed E-state index contributed by atoms with van der Waals surface area (Å²) in [5, 5.41) is 3.69. The molecule has 88 valence electrons. The summed E-state index contributed by atoms with van der Waals surface area (Å²) in [6, 6.07) is 8.24. The Morgan fingerprint density at radius 3 is 2.62 bits per heavy atom. The summed E-state index contributed by atoms with van der Waals surface area (Å²) in [5.41, 5.74) is 1.66. The highest BCUT2D eigenvalue weighted by Gasteiger charge is 2.34. The summed E-state index contributed by atoms with van der Waals surface area (Å²) in [4.78, 5) is 0. The second kappa shape index (κ2) is 4.88. The zero-order valence-electron chi connectivity index (χ0n) is 10.3. The summed E-state index contributed by atoms with van der Waals surface area (Å²) >= 11 is 0. The number of ether oxygens (including phenoxy) is 1. The van der Waals surface area contributed by atoms with Gasteiger partial charge in [0.15, 0.2) is 0 Å². The Morgan fingerprint density at radius 1 is 1.31 bits per heavy atom. The lowest BCUT2D eigenvalue weighted by Crippen LogP contribution is -2.49. The van der Waals surface area contributed by atoms with Crippen LogP contribution in [0.15, 0.2) is 24.3 Å². The minimum atomic E-state index is 0.404. The topological polar surface area (TPSA) is 21.3 Å². The molecule has 2 rings (SSSR count). The summed E-state index contributed by atoms with van der Waals surface area (Å²) in [6.45, 7) is 3.19. The van der Waals surface area contributed by atoms with E-state index in [0.29, 0.717) is 5.54 Å². The van der Waals surface area contributed by atoms with Crippen molar-refractivity contribution in [2.45, 2.75) is 44.7 Å². The van der Waals surface area contributed by atoms with Crippen molar-refractivity contribution in [3.8, 4) is 5.75 Å². The fraction of sp³-hybridized carbons (Fsp3) is 0.571. The van der Waals surface area contributed by atoms with Crippen molar-refractivity contribution in [2.75, 3.05) is 7.11 Å². The quantitative estimate of drug-likeness (QED) is 0.821. The maximum atomic E-state index is 5.36. The number of methoxy groups -OCH3 is 1. The highest BCUT2D eigenvalue weighted by molar-refractivity contribution is 5.33. The van der Waals surface area contributed by atoms with Gasteiger partial charge in [0.1, 0.15) is 5.75 Å². The van der Waals surface area contributed by atoms with Gasteiger partial charge in [-0.05, 0) is 31.7 Å². The Bertz CT molecular complexity index is 339. The van der Waals surface area contributed by atoms with Gasteiger partial charge < -0.3 is 10.1 Å². The predicted molar refractivity (Wildman–Crippen MR) is 66.7 cm³/mol. The SMILES string of the molecule is CCC1(NCc2ccccc2OC)CCC1. The molecule has 1 saturated carbocycles. The molecule has 0 bridgehead atoms. The second-order valence-electron chi connectivity index (χ2n) is 4.65. The predicted octanol–water partition coefficient (Wildman–Crippen LogP) is 3.12. The van der Waals surface area contributed by atoms with Crippen LogP contribution < -0.4 is 10.1 Å². The van der Waals surface area contributed by atoms with Crippen molar-refractivity contribution < 1.29 is 4.74 Å². The van der Waals surface area contributed by atoms with E-state index in [0.717, 1.165) is 12.3 Å². The first-order valence-corrected chi connectivity index (χ1v) is 6.16. The second-order valence-corrected chi connectivity index (χ2v) is 4.65. The number of hydrogen-bond donors (Lipinski definition) is 1. The van der Waals surface area contributed by atoms with E-state index in [9.17, 15) is 0 Å². The van der Waals surface area contributed by atoms with Gasteiger partial charge in [-0.25, -0.2) is 0 Å². The summed E-state index contributed by atoms with van der Waals surface area (Å²) < 4.78 is 5.36. The Balaban J connectivity index is 1.98. The van der Waals surface area contributed by atoms with Crippen LogP contribution in [0.4, 0.5) is 0 Å². The molecule has 0 aromatic heterocycles. The van der Waals surface area contributed by atoms with Gasteiger partial charge in [-0.1, -0.05) is 25.1 Å². The smallest absolute Gasteiger partial charge is 0.123 e. The standard InChI is InChI=1S/C14H21NO/c1-3-14(9-6-10-14)15-11-12-7-4-5-8-13(12)16-2/h4-5,7-8,15H,3,6,9-11H2,1-2H3. The summed E-state index contributed by atoms with van der Waals surface area (Å²) in [6.07, 6.45) is 5.23. The van der Waals surface area contributed by atoms with Crippen LogP contribution in [0, 0.1) is 0 Å². The van der Waals surface area contributed by atoms with E-state index in [-0.39, 0.29) is 0 Å². The Morgan fingerprint density at radius 2 is 2.06 bits per heavy atom. The Labute approximate surface area is 98.0 Å². The lowest BCUT2D eigenvalue weighted by Gasteiger charge is -2.42. The molecule has 1 aliphatic carbocycles. The van der Waals surface area contributed by atoms with Crippen LogP contribution in [-0.2, 0) is 6.54 Å². The molecule has 0 unspecified atom stereocenters. The van der Waals surface area contributed by atoms with Crippen molar-refractivity contribution in [1.82, 2.24) is 5.32 Å². The number of benzene rings is 1. The molecule has 1 fully saturated rings. The molecular weight excluding hydrogens is 198 g/mol. The van der Waals surface area contributed by atoms with Crippen LogP contribution in [0.2, 0.25) is 0 Å². The lowest BCUT2D eigenvalue weighted by atomic mass is 9.75. The molecule has 0 aliphatic heterocycles. The fourth-order valence-electron chi connectivity index (χ4n) is 2.39. The van der Waals surface area contributed by atoms with E-state index in [1.54, 1.807) is 7.11 Å². The molecule has 0 spiro atoms. The molecule has 0 radical (unpaired) electrons. The van der Waals surface area contributed by atoms with Crippen LogP contribution in [0.5, 0.6) is 5.75 Å². The molecule has 1 aliphatic rings. The molecule has 1 N–H and O–H groups in total. The minimum Gasteiger partial charge on any atom is -0.496 e. The monoisotopic (exact) mass is 219 g/mol. The van der Waals surface area contributed by atoms with Gasteiger partial charge >= 0.3 is 0 Å². The van der Waals surface area contributed by atoms with Crippen molar-refractivity contribution >= 4 is 0 Å². The molecule has 0 heterocycles. The van der Waals surface area contributed by atoms with Gasteiger partial charge in [-0.3, -0.25) is 0 Å². The average Bonchev–Trinajstić information content (AvgIpc) is 2.29. The van der Waals surface area contributed by atoms with Crippen LogP contribution in [0.3, 0.4) is 0 Å². The zero-order valence-corrected chi connectivity index (χ0v) is 10.3.